The van der Waals surface area contributed by atoms with Gasteiger partial charge < -0.3 is 20.3 Å². The number of rotatable bonds is 5. The molecule has 2 amide bonds. The van der Waals surface area contributed by atoms with E-state index in [1.54, 1.807) is 21.6 Å². The van der Waals surface area contributed by atoms with Gasteiger partial charge in [-0.1, -0.05) is 29.8 Å². The average molecular weight is 404 g/mol. The highest BCUT2D eigenvalue weighted by molar-refractivity contribution is 7.22. The number of carbonyl (C=O) groups excluding carboxylic acids is 2. The van der Waals surface area contributed by atoms with E-state index in [4.69, 9.17) is 17.3 Å². The molecule has 1 aliphatic heterocycles. The molecule has 3 aromatic rings. The highest BCUT2D eigenvalue weighted by Gasteiger charge is 2.36. The summed E-state index contributed by atoms with van der Waals surface area (Å²) < 4.78 is 2.31. The van der Waals surface area contributed by atoms with Gasteiger partial charge in [-0.05, 0) is 30.2 Å². The number of thiophene rings is 1. The van der Waals surface area contributed by atoms with Gasteiger partial charge in [0.1, 0.15) is 16.6 Å². The van der Waals surface area contributed by atoms with Crippen LogP contribution >= 0.6 is 22.9 Å². The van der Waals surface area contributed by atoms with Crippen LogP contribution in [0, 0.1) is 0 Å². The van der Waals surface area contributed by atoms with E-state index in [1.807, 2.05) is 24.3 Å². The van der Waals surface area contributed by atoms with Gasteiger partial charge in [0.2, 0.25) is 5.91 Å². The molecule has 0 saturated heterocycles. The molecule has 6 nitrogen and oxygen atoms in total. The summed E-state index contributed by atoms with van der Waals surface area (Å²) in [6, 6.07) is 10.6. The molecule has 1 aromatic carbocycles. The number of amides is 2. The van der Waals surface area contributed by atoms with E-state index in [0.29, 0.717) is 29.4 Å². The number of nitrogens with zero attached hydrogens (tertiary/aromatic N) is 2. The second-order valence-electron chi connectivity index (χ2n) is 6.49. The molecule has 1 unspecified atom stereocenters. The fourth-order valence-electron chi connectivity index (χ4n) is 3.68. The molecule has 0 aliphatic carbocycles. The number of anilines is 1. The molecule has 0 radical (unpaired) electrons. The zero-order valence-electron chi connectivity index (χ0n) is 14.4. The lowest BCUT2D eigenvalue weighted by Gasteiger charge is -2.35. The fourth-order valence-corrected chi connectivity index (χ4v) is 4.95. The number of aliphatic hydroxyl groups is 1. The van der Waals surface area contributed by atoms with Crippen LogP contribution in [0.4, 0.5) is 5.69 Å². The summed E-state index contributed by atoms with van der Waals surface area (Å²) in [5.74, 6) is -0.699. The Morgan fingerprint density at radius 1 is 1.33 bits per heavy atom. The number of nitrogens with two attached hydrogens (primary N) is 1. The molecule has 1 aliphatic rings. The van der Waals surface area contributed by atoms with Crippen molar-refractivity contribution in [3.8, 4) is 0 Å². The minimum atomic E-state index is -0.590. The second-order valence-corrected chi connectivity index (χ2v) is 8.15. The van der Waals surface area contributed by atoms with Crippen LogP contribution in [0.25, 0.3) is 10.2 Å². The lowest BCUT2D eigenvalue weighted by molar-refractivity contribution is -0.122. The molecule has 4 rings (SSSR count). The van der Waals surface area contributed by atoms with E-state index in [0.717, 1.165) is 21.5 Å². The van der Waals surface area contributed by atoms with Crippen molar-refractivity contribution < 1.29 is 14.7 Å². The Bertz CT molecular complexity index is 1040. The molecule has 140 valence electrons. The summed E-state index contributed by atoms with van der Waals surface area (Å²) >= 11 is 7.47. The molecule has 3 N–H and O–H groups in total. The highest BCUT2D eigenvalue weighted by Crippen LogP contribution is 2.39. The molecule has 0 saturated carbocycles. The Morgan fingerprint density at radius 2 is 2.11 bits per heavy atom. The minimum Gasteiger partial charge on any atom is -0.396 e. The number of hydrogen-bond donors (Lipinski definition) is 2. The van der Waals surface area contributed by atoms with Crippen molar-refractivity contribution in [3.05, 3.63) is 52.0 Å². The van der Waals surface area contributed by atoms with Gasteiger partial charge in [-0.3, -0.25) is 9.59 Å². The average Bonchev–Trinajstić information content (AvgIpc) is 3.16. The molecular formula is C19H18ClN3O3S. The fraction of sp³-hybridized carbons (Fsp3) is 0.263. The largest absolute Gasteiger partial charge is 0.396 e. The zero-order chi connectivity index (χ0) is 19.1. The predicted octanol–water partition coefficient (Wildman–Crippen LogP) is 2.97. The summed E-state index contributed by atoms with van der Waals surface area (Å²) in [5.41, 5.74) is 7.75. The maximum absolute atomic E-state index is 13.4. The van der Waals surface area contributed by atoms with Crippen molar-refractivity contribution in [1.82, 2.24) is 4.57 Å². The number of para-hydroxylation sites is 1. The lowest BCUT2D eigenvalue weighted by atomic mass is 9.96. The van der Waals surface area contributed by atoms with Crippen LogP contribution in [0.15, 0.2) is 36.4 Å². The van der Waals surface area contributed by atoms with Crippen LogP contribution < -0.4 is 10.6 Å². The van der Waals surface area contributed by atoms with E-state index >= 15 is 0 Å². The van der Waals surface area contributed by atoms with E-state index in [2.05, 4.69) is 0 Å². The number of aliphatic hydroxyl groups excluding tert-OH is 1. The highest BCUT2D eigenvalue weighted by atomic mass is 35.5. The van der Waals surface area contributed by atoms with Crippen molar-refractivity contribution in [3.63, 3.8) is 0 Å². The first-order chi connectivity index (χ1) is 13.0. The van der Waals surface area contributed by atoms with E-state index in [1.165, 1.54) is 11.3 Å². The van der Waals surface area contributed by atoms with Gasteiger partial charge >= 0.3 is 0 Å². The number of aromatic nitrogens is 1. The van der Waals surface area contributed by atoms with Crippen LogP contribution in [-0.4, -0.2) is 34.6 Å². The first kappa shape index (κ1) is 18.0. The van der Waals surface area contributed by atoms with Crippen LogP contribution in [0.1, 0.15) is 28.5 Å². The SMILES string of the molecule is NC(=O)c1cc2cc(Cl)sc2n1C1Cc2ccccc2N(CCCO)C1=O. The minimum absolute atomic E-state index is 0.00253. The molecule has 0 bridgehead atoms. The molecule has 27 heavy (non-hydrogen) atoms. The summed E-state index contributed by atoms with van der Waals surface area (Å²) in [7, 11) is 0. The maximum atomic E-state index is 13.4. The number of halogens is 1. The van der Waals surface area contributed by atoms with Gasteiger partial charge in [-0.2, -0.15) is 0 Å². The van der Waals surface area contributed by atoms with Gasteiger partial charge in [0, 0.05) is 30.6 Å². The van der Waals surface area contributed by atoms with Gasteiger partial charge in [-0.25, -0.2) is 0 Å². The van der Waals surface area contributed by atoms with E-state index in [9.17, 15) is 14.7 Å². The Balaban J connectivity index is 1.87. The summed E-state index contributed by atoms with van der Waals surface area (Å²) in [5, 5.41) is 10.0. The number of carbonyl (C=O) groups is 2. The van der Waals surface area contributed by atoms with Gasteiger partial charge in [-0.15, -0.1) is 11.3 Å². The number of benzene rings is 1. The van der Waals surface area contributed by atoms with E-state index in [-0.39, 0.29) is 12.5 Å². The third-order valence-electron chi connectivity index (χ3n) is 4.83. The standard InChI is InChI=1S/C19H18ClN3O3S/c20-16-10-12-9-14(17(21)25)23(19(12)27-16)15-8-11-4-1-2-5-13(11)22(18(15)26)6-3-7-24/h1-2,4-5,9-10,15,24H,3,6-8H2,(H2,21,25). The predicted molar refractivity (Wildman–Crippen MR) is 107 cm³/mol. The second kappa shape index (κ2) is 6.99. The quantitative estimate of drug-likeness (QED) is 0.686. The Morgan fingerprint density at radius 3 is 2.85 bits per heavy atom. The third-order valence-corrected chi connectivity index (χ3v) is 6.11. The molecule has 3 heterocycles. The normalized spacial score (nSPS) is 16.7. The molecule has 8 heteroatoms. The van der Waals surface area contributed by atoms with Gasteiger partial charge in [0.05, 0.1) is 4.34 Å². The molecular weight excluding hydrogens is 386 g/mol. The number of primary amides is 1. The van der Waals surface area contributed by atoms with Crippen LogP contribution in [-0.2, 0) is 11.2 Å². The first-order valence-corrected chi connectivity index (χ1v) is 9.81. The first-order valence-electron chi connectivity index (χ1n) is 8.61. The van der Waals surface area contributed by atoms with Crippen LogP contribution in [0.2, 0.25) is 4.34 Å². The summed E-state index contributed by atoms with van der Waals surface area (Å²) in [6.07, 6.45) is 0.936. The molecule has 1 atom stereocenters. The van der Waals surface area contributed by atoms with Crippen molar-refractivity contribution >= 4 is 50.7 Å². The topological polar surface area (TPSA) is 88.6 Å². The summed E-state index contributed by atoms with van der Waals surface area (Å²) in [6.45, 7) is 0.405. The van der Waals surface area contributed by atoms with Crippen molar-refractivity contribution in [2.75, 3.05) is 18.1 Å². The van der Waals surface area contributed by atoms with E-state index < -0.39 is 11.9 Å². The Hall–Kier alpha value is -2.35. The zero-order valence-corrected chi connectivity index (χ0v) is 16.0. The van der Waals surface area contributed by atoms with Crippen LogP contribution in [0.3, 0.4) is 0 Å². The Labute approximate surface area is 164 Å². The van der Waals surface area contributed by atoms with Crippen molar-refractivity contribution in [1.29, 1.82) is 0 Å². The lowest BCUT2D eigenvalue weighted by Crippen LogP contribution is -2.43. The number of hydrogen-bond acceptors (Lipinski definition) is 4. The maximum Gasteiger partial charge on any atom is 0.265 e. The monoisotopic (exact) mass is 403 g/mol. The van der Waals surface area contributed by atoms with Crippen molar-refractivity contribution in [2.45, 2.75) is 18.9 Å². The molecule has 0 spiro atoms. The molecule has 2 aromatic heterocycles. The summed E-state index contributed by atoms with van der Waals surface area (Å²) in [4.78, 5) is 27.8. The van der Waals surface area contributed by atoms with Gasteiger partial charge in [0.25, 0.3) is 5.91 Å². The van der Waals surface area contributed by atoms with Crippen molar-refractivity contribution in [2.24, 2.45) is 5.73 Å². The number of fused-ring (bicyclic) bond motifs is 2. The van der Waals surface area contributed by atoms with Gasteiger partial charge in [0.15, 0.2) is 0 Å². The Kier molecular flexibility index (Phi) is 4.67. The third kappa shape index (κ3) is 3.01. The smallest absolute Gasteiger partial charge is 0.265 e. The molecule has 0 fully saturated rings. The van der Waals surface area contributed by atoms with Crippen LogP contribution in [0.5, 0.6) is 0 Å².